The van der Waals surface area contributed by atoms with Crippen LogP contribution in [0.1, 0.15) is 5.56 Å². The third kappa shape index (κ3) is 4.93. The van der Waals surface area contributed by atoms with Crippen LogP contribution in [-0.4, -0.2) is 24.5 Å². The van der Waals surface area contributed by atoms with Crippen molar-refractivity contribution >= 4 is 49.1 Å². The maximum absolute atomic E-state index is 12.1. The molecule has 0 unspecified atom stereocenters. The van der Waals surface area contributed by atoms with Gasteiger partial charge in [0.05, 0.1) is 22.2 Å². The lowest BCUT2D eigenvalue weighted by Gasteiger charge is -2.13. The molecule has 25 heavy (non-hydrogen) atoms. The van der Waals surface area contributed by atoms with Crippen molar-refractivity contribution in [1.82, 2.24) is 0 Å². The number of nitro groups is 1. The summed E-state index contributed by atoms with van der Waals surface area (Å²) in [6.07, 6.45) is 0. The van der Waals surface area contributed by atoms with Gasteiger partial charge in [-0.1, -0.05) is 15.9 Å². The maximum Gasteiger partial charge on any atom is 0.271 e. The highest BCUT2D eigenvalue weighted by atomic mass is 79.9. The van der Waals surface area contributed by atoms with Crippen molar-refractivity contribution in [1.29, 1.82) is 0 Å². The van der Waals surface area contributed by atoms with Crippen molar-refractivity contribution in [3.63, 3.8) is 0 Å². The van der Waals surface area contributed by atoms with Gasteiger partial charge in [0.2, 0.25) is 0 Å². The molecule has 0 bridgehead atoms. The summed E-state index contributed by atoms with van der Waals surface area (Å²) >= 11 is 6.75. The molecule has 132 valence electrons. The van der Waals surface area contributed by atoms with Crippen LogP contribution in [0.2, 0.25) is 0 Å². The lowest BCUT2D eigenvalue weighted by atomic mass is 10.2. The fourth-order valence-electron chi connectivity index (χ4n) is 2.10. The van der Waals surface area contributed by atoms with Gasteiger partial charge in [-0.2, -0.15) is 0 Å². The molecular weight excluding hydrogens is 460 g/mol. The Labute approximate surface area is 160 Å². The lowest BCUT2D eigenvalue weighted by Crippen LogP contribution is -2.21. The molecule has 1 amide bonds. The average molecular weight is 474 g/mol. The standard InChI is InChI=1S/C16H14Br2N2O5/c1-9-5-10(17)6-12(18)16(9)25-8-15(21)19-13-7-11(20(22)23)3-4-14(13)24-2/h3-7H,8H2,1-2H3,(H,19,21). The molecule has 2 rings (SSSR count). The average Bonchev–Trinajstić information content (AvgIpc) is 2.53. The second kappa shape index (κ2) is 8.30. The summed E-state index contributed by atoms with van der Waals surface area (Å²) in [6.45, 7) is 1.60. The second-order valence-corrected chi connectivity index (χ2v) is 6.78. The molecular formula is C16H14Br2N2O5. The number of hydrogen-bond donors (Lipinski definition) is 1. The molecule has 2 aromatic rings. The van der Waals surface area contributed by atoms with Crippen LogP contribution in [0.4, 0.5) is 11.4 Å². The number of anilines is 1. The summed E-state index contributed by atoms with van der Waals surface area (Å²) in [7, 11) is 1.41. The molecule has 9 heteroatoms. The molecule has 0 atom stereocenters. The predicted molar refractivity (Wildman–Crippen MR) is 100 cm³/mol. The van der Waals surface area contributed by atoms with Crippen LogP contribution in [0.25, 0.3) is 0 Å². The molecule has 1 N–H and O–H groups in total. The number of hydrogen-bond acceptors (Lipinski definition) is 5. The number of nitro benzene ring substituents is 1. The van der Waals surface area contributed by atoms with E-state index in [1.54, 1.807) is 0 Å². The fraction of sp³-hybridized carbons (Fsp3) is 0.188. The number of halogens is 2. The summed E-state index contributed by atoms with van der Waals surface area (Å²) in [5.74, 6) is 0.400. The maximum atomic E-state index is 12.1. The molecule has 7 nitrogen and oxygen atoms in total. The highest BCUT2D eigenvalue weighted by Gasteiger charge is 2.15. The van der Waals surface area contributed by atoms with E-state index in [1.165, 1.54) is 25.3 Å². The van der Waals surface area contributed by atoms with Crippen molar-refractivity contribution in [2.45, 2.75) is 6.92 Å². The van der Waals surface area contributed by atoms with Crippen molar-refractivity contribution in [2.75, 3.05) is 19.0 Å². The number of carbonyl (C=O) groups is 1. The van der Waals surface area contributed by atoms with Gasteiger partial charge in [-0.25, -0.2) is 0 Å². The number of benzene rings is 2. The Morgan fingerprint density at radius 1 is 1.28 bits per heavy atom. The van der Waals surface area contributed by atoms with Gasteiger partial charge in [-0.15, -0.1) is 0 Å². The van der Waals surface area contributed by atoms with Crippen LogP contribution >= 0.6 is 31.9 Å². The Balaban J connectivity index is 2.11. The van der Waals surface area contributed by atoms with Crippen LogP contribution in [0.5, 0.6) is 11.5 Å². The van der Waals surface area contributed by atoms with Gasteiger partial charge in [0.25, 0.3) is 11.6 Å². The van der Waals surface area contributed by atoms with E-state index in [0.29, 0.717) is 16.0 Å². The zero-order valence-electron chi connectivity index (χ0n) is 13.3. The topological polar surface area (TPSA) is 90.7 Å². The largest absolute Gasteiger partial charge is 0.495 e. The quantitative estimate of drug-likeness (QED) is 0.494. The number of ether oxygens (including phenoxy) is 2. The van der Waals surface area contributed by atoms with Gasteiger partial charge >= 0.3 is 0 Å². The molecule has 2 aromatic carbocycles. The van der Waals surface area contributed by atoms with Crippen LogP contribution in [0.15, 0.2) is 39.3 Å². The Morgan fingerprint density at radius 2 is 2.00 bits per heavy atom. The van der Waals surface area contributed by atoms with Crippen molar-refractivity contribution in [3.05, 3.63) is 55.0 Å². The van der Waals surface area contributed by atoms with Gasteiger partial charge in [0.1, 0.15) is 11.5 Å². The van der Waals surface area contributed by atoms with Gasteiger partial charge in [-0.05, 0) is 46.6 Å². The van der Waals surface area contributed by atoms with E-state index in [9.17, 15) is 14.9 Å². The Bertz CT molecular complexity index is 803. The summed E-state index contributed by atoms with van der Waals surface area (Å²) in [5, 5.41) is 13.4. The smallest absolute Gasteiger partial charge is 0.271 e. The molecule has 0 aliphatic carbocycles. The molecule has 0 saturated heterocycles. The monoisotopic (exact) mass is 472 g/mol. The Kier molecular flexibility index (Phi) is 6.38. The van der Waals surface area contributed by atoms with Crippen molar-refractivity contribution in [3.8, 4) is 11.5 Å². The number of nitrogens with zero attached hydrogens (tertiary/aromatic N) is 1. The van der Waals surface area contributed by atoms with Crippen LogP contribution in [-0.2, 0) is 4.79 Å². The Morgan fingerprint density at radius 3 is 2.60 bits per heavy atom. The molecule has 0 aliphatic heterocycles. The molecule has 0 saturated carbocycles. The first kappa shape index (κ1) is 19.2. The first-order valence-electron chi connectivity index (χ1n) is 7.02. The number of nitrogens with one attached hydrogen (secondary N) is 1. The first-order valence-corrected chi connectivity index (χ1v) is 8.61. The normalized spacial score (nSPS) is 10.2. The summed E-state index contributed by atoms with van der Waals surface area (Å²) in [5.41, 5.74) is 0.905. The van der Waals surface area contributed by atoms with E-state index in [0.717, 1.165) is 10.0 Å². The fourth-order valence-corrected chi connectivity index (χ4v) is 3.66. The zero-order chi connectivity index (χ0) is 18.6. The number of methoxy groups -OCH3 is 1. The van der Waals surface area contributed by atoms with E-state index in [4.69, 9.17) is 9.47 Å². The highest BCUT2D eigenvalue weighted by molar-refractivity contribution is 9.11. The third-order valence-electron chi connectivity index (χ3n) is 3.21. The van der Waals surface area contributed by atoms with E-state index < -0.39 is 10.8 Å². The summed E-state index contributed by atoms with van der Waals surface area (Å²) in [6, 6.07) is 7.63. The first-order chi connectivity index (χ1) is 11.8. The van der Waals surface area contributed by atoms with Crippen LogP contribution in [0.3, 0.4) is 0 Å². The highest BCUT2D eigenvalue weighted by Crippen LogP contribution is 2.32. The second-order valence-electron chi connectivity index (χ2n) is 5.01. The Hall–Kier alpha value is -2.13. The zero-order valence-corrected chi connectivity index (χ0v) is 16.5. The number of non-ortho nitro benzene ring substituents is 1. The van der Waals surface area contributed by atoms with Crippen LogP contribution < -0.4 is 14.8 Å². The number of carbonyl (C=O) groups excluding carboxylic acids is 1. The molecule has 0 fully saturated rings. The SMILES string of the molecule is COc1ccc([N+](=O)[O-])cc1NC(=O)COc1c(C)cc(Br)cc1Br. The van der Waals surface area contributed by atoms with Crippen LogP contribution in [0, 0.1) is 17.0 Å². The van der Waals surface area contributed by atoms with Crippen molar-refractivity contribution in [2.24, 2.45) is 0 Å². The predicted octanol–water partition coefficient (Wildman–Crippen LogP) is 4.45. The van der Waals surface area contributed by atoms with Gasteiger partial charge in [0, 0.05) is 16.6 Å². The van der Waals surface area contributed by atoms with E-state index in [2.05, 4.69) is 37.2 Å². The summed E-state index contributed by atoms with van der Waals surface area (Å²) < 4.78 is 12.3. The van der Waals surface area contributed by atoms with E-state index in [1.807, 2.05) is 19.1 Å². The molecule has 0 aliphatic rings. The van der Waals surface area contributed by atoms with Gasteiger partial charge < -0.3 is 14.8 Å². The molecule has 0 spiro atoms. The number of amides is 1. The third-order valence-corrected chi connectivity index (χ3v) is 4.26. The van der Waals surface area contributed by atoms with E-state index in [-0.39, 0.29) is 18.0 Å². The van der Waals surface area contributed by atoms with Crippen molar-refractivity contribution < 1.29 is 19.2 Å². The number of aryl methyl sites for hydroxylation is 1. The van der Waals surface area contributed by atoms with Gasteiger partial charge in [-0.3, -0.25) is 14.9 Å². The minimum absolute atomic E-state index is 0.150. The molecule has 0 aromatic heterocycles. The summed E-state index contributed by atoms with van der Waals surface area (Å²) in [4.78, 5) is 22.5. The number of rotatable bonds is 6. The van der Waals surface area contributed by atoms with E-state index >= 15 is 0 Å². The van der Waals surface area contributed by atoms with Gasteiger partial charge in [0.15, 0.2) is 6.61 Å². The molecule has 0 heterocycles. The minimum atomic E-state index is -0.548. The lowest BCUT2D eigenvalue weighted by molar-refractivity contribution is -0.384. The minimum Gasteiger partial charge on any atom is -0.495 e. The molecule has 0 radical (unpaired) electrons.